The predicted molar refractivity (Wildman–Crippen MR) is 197 cm³/mol. The van der Waals surface area contributed by atoms with Crippen LogP contribution in [-0.2, 0) is 9.59 Å². The van der Waals surface area contributed by atoms with Gasteiger partial charge in [-0.1, -0.05) is 30.3 Å². The lowest BCUT2D eigenvalue weighted by Gasteiger charge is -2.29. The highest BCUT2D eigenvalue weighted by Gasteiger charge is 2.51. The van der Waals surface area contributed by atoms with Gasteiger partial charge in [0.15, 0.2) is 5.84 Å². The molecule has 2 fully saturated rings. The number of benzene rings is 2. The summed E-state index contributed by atoms with van der Waals surface area (Å²) in [6.45, 7) is 6.68. The molecule has 3 aliphatic heterocycles. The van der Waals surface area contributed by atoms with Crippen LogP contribution in [0.2, 0.25) is 0 Å². The second kappa shape index (κ2) is 14.8. The van der Waals surface area contributed by atoms with Gasteiger partial charge in [0.25, 0.3) is 0 Å². The minimum absolute atomic E-state index is 0.0109. The first-order valence-corrected chi connectivity index (χ1v) is 17.2. The molecule has 0 unspecified atom stereocenters. The van der Waals surface area contributed by atoms with Gasteiger partial charge >= 0.3 is 0 Å². The maximum absolute atomic E-state index is 15.0. The number of nitrogens with zero attached hydrogens (tertiary/aromatic N) is 5. The van der Waals surface area contributed by atoms with Crippen LogP contribution in [0.25, 0.3) is 5.57 Å². The first-order valence-electron chi connectivity index (χ1n) is 17.2. The molecular weight excluding hydrogens is 649 g/mol. The van der Waals surface area contributed by atoms with E-state index in [2.05, 4.69) is 26.3 Å². The number of nitrogens with one attached hydrogen (secondary N) is 3. The Morgan fingerprint density at radius 2 is 1.88 bits per heavy atom. The highest BCUT2D eigenvalue weighted by molar-refractivity contribution is 6.15. The van der Waals surface area contributed by atoms with E-state index < -0.39 is 11.2 Å². The lowest BCUT2D eigenvalue weighted by Crippen LogP contribution is -2.43. The van der Waals surface area contributed by atoms with Crippen molar-refractivity contribution in [1.82, 2.24) is 20.1 Å². The van der Waals surface area contributed by atoms with Crippen LogP contribution in [0.15, 0.2) is 65.8 Å². The fourth-order valence-electron chi connectivity index (χ4n) is 7.01. The van der Waals surface area contributed by atoms with Crippen LogP contribution in [-0.4, -0.2) is 96.9 Å². The number of halogens is 1. The number of amides is 2. The van der Waals surface area contributed by atoms with E-state index in [-0.39, 0.29) is 47.5 Å². The molecule has 0 saturated carbocycles. The van der Waals surface area contributed by atoms with Gasteiger partial charge in [0.1, 0.15) is 5.82 Å². The Balaban J connectivity index is 1.06. The molecule has 5 N–H and O–H groups in total. The number of nitrogen functional groups attached to an aromatic ring is 1. The Hall–Kier alpha value is -5.43. The quantitative estimate of drug-likeness (QED) is 0.140. The van der Waals surface area contributed by atoms with Crippen molar-refractivity contribution in [2.75, 3.05) is 56.9 Å². The molecule has 1 aromatic heterocycles. The number of nitrogens with two attached hydrogens (primary N) is 1. The Morgan fingerprint density at radius 3 is 2.57 bits per heavy atom. The van der Waals surface area contributed by atoms with E-state index in [1.807, 2.05) is 43.0 Å². The Morgan fingerprint density at radius 1 is 1.12 bits per heavy atom. The van der Waals surface area contributed by atoms with E-state index in [1.165, 1.54) is 18.1 Å². The molecule has 0 aliphatic carbocycles. The molecular formula is C38H44FN9O3. The Kier molecular flexibility index (Phi) is 10.3. The van der Waals surface area contributed by atoms with Crippen molar-refractivity contribution in [1.29, 1.82) is 10.8 Å². The number of carbonyl (C=O) groups is 2. The number of aromatic nitrogens is 1. The first kappa shape index (κ1) is 35.4. The number of pyridine rings is 1. The molecule has 2 aromatic carbocycles. The number of hydrogen-bond acceptors (Lipinski definition) is 8. The van der Waals surface area contributed by atoms with E-state index in [1.54, 1.807) is 30.1 Å². The molecule has 4 heterocycles. The van der Waals surface area contributed by atoms with E-state index in [0.717, 1.165) is 23.6 Å². The molecule has 51 heavy (non-hydrogen) atoms. The van der Waals surface area contributed by atoms with Crippen LogP contribution < -0.4 is 20.7 Å². The van der Waals surface area contributed by atoms with Gasteiger partial charge in [0.2, 0.25) is 17.7 Å². The molecule has 0 radical (unpaired) electrons. The van der Waals surface area contributed by atoms with Crippen LogP contribution in [0.1, 0.15) is 55.4 Å². The van der Waals surface area contributed by atoms with Crippen LogP contribution >= 0.6 is 0 Å². The average molecular weight is 694 g/mol. The van der Waals surface area contributed by atoms with Crippen LogP contribution in [0.5, 0.6) is 5.88 Å². The molecule has 3 aliphatic rings. The largest absolute Gasteiger partial charge is 0.475 e. The summed E-state index contributed by atoms with van der Waals surface area (Å²) in [5.74, 6) is -0.292. The number of aliphatic imine (C=N–C) groups is 1. The Bertz CT molecular complexity index is 1910. The third-order valence-corrected chi connectivity index (χ3v) is 9.79. The number of anilines is 2. The SMILES string of the molecule is CN/C=N\C(=N)c1ccc(C2=CCN(C(=O)CN3CC[C@]4(CCN(c5ccc(N)c(C(=N)c6cnc(OC(C)C)cc6F)c5)C4=O)C3)CC2)cc1. The summed E-state index contributed by atoms with van der Waals surface area (Å²) in [7, 11) is 1.74. The van der Waals surface area contributed by atoms with Gasteiger partial charge in [-0.3, -0.25) is 25.3 Å². The smallest absolute Gasteiger partial charge is 0.237 e. The van der Waals surface area contributed by atoms with Crippen LogP contribution in [0.4, 0.5) is 15.8 Å². The van der Waals surface area contributed by atoms with Crippen LogP contribution in [0, 0.1) is 22.1 Å². The second-order valence-electron chi connectivity index (χ2n) is 13.6. The normalized spacial score (nSPS) is 19.3. The van der Waals surface area contributed by atoms with Gasteiger partial charge in [-0.25, -0.2) is 14.4 Å². The number of likely N-dealkylation sites (tertiary alicyclic amines) is 1. The summed E-state index contributed by atoms with van der Waals surface area (Å²) in [5.41, 5.74) is 9.68. The first-order chi connectivity index (χ1) is 24.5. The number of carbonyl (C=O) groups excluding carboxylic acids is 2. The lowest BCUT2D eigenvalue weighted by atomic mass is 9.85. The lowest BCUT2D eigenvalue weighted by molar-refractivity contribution is -0.132. The second-order valence-corrected chi connectivity index (χ2v) is 13.6. The minimum Gasteiger partial charge on any atom is -0.475 e. The number of ether oxygens (including phenoxy) is 1. The molecule has 2 saturated heterocycles. The zero-order chi connectivity index (χ0) is 36.3. The van der Waals surface area contributed by atoms with E-state index in [4.69, 9.17) is 21.3 Å². The Labute approximate surface area is 297 Å². The van der Waals surface area contributed by atoms with Gasteiger partial charge < -0.3 is 25.6 Å². The van der Waals surface area contributed by atoms with Crippen molar-refractivity contribution in [2.45, 2.75) is 39.2 Å². The third-order valence-electron chi connectivity index (χ3n) is 9.79. The van der Waals surface area contributed by atoms with Gasteiger partial charge in [0.05, 0.1) is 35.7 Å². The molecule has 6 rings (SSSR count). The third kappa shape index (κ3) is 7.53. The topological polar surface area (TPSA) is 164 Å². The number of hydrogen-bond donors (Lipinski definition) is 4. The van der Waals surface area contributed by atoms with Gasteiger partial charge in [0, 0.05) is 68.0 Å². The fourth-order valence-corrected chi connectivity index (χ4v) is 7.01. The molecule has 13 heteroatoms. The summed E-state index contributed by atoms with van der Waals surface area (Å²) in [4.78, 5) is 41.2. The van der Waals surface area contributed by atoms with Gasteiger partial charge in [-0.05, 0) is 69.0 Å². The zero-order valence-corrected chi connectivity index (χ0v) is 29.2. The molecule has 1 atom stereocenters. The van der Waals surface area contributed by atoms with E-state index in [0.29, 0.717) is 62.5 Å². The summed E-state index contributed by atoms with van der Waals surface area (Å²) < 4.78 is 20.5. The average Bonchev–Trinajstić information content (AvgIpc) is 3.68. The van der Waals surface area contributed by atoms with Crippen molar-refractivity contribution in [2.24, 2.45) is 10.4 Å². The minimum atomic E-state index is -0.645. The molecule has 3 aromatic rings. The fraction of sp³-hybridized carbons (Fsp3) is 0.368. The van der Waals surface area contributed by atoms with Crippen LogP contribution in [0.3, 0.4) is 0 Å². The highest BCUT2D eigenvalue weighted by Crippen LogP contribution is 2.43. The monoisotopic (exact) mass is 693 g/mol. The maximum atomic E-state index is 15.0. The summed E-state index contributed by atoms with van der Waals surface area (Å²) in [5, 5.41) is 19.6. The van der Waals surface area contributed by atoms with Crippen molar-refractivity contribution in [3.05, 3.63) is 88.9 Å². The maximum Gasteiger partial charge on any atom is 0.237 e. The number of amidine groups is 1. The van der Waals surface area contributed by atoms with Crippen molar-refractivity contribution < 1.29 is 18.7 Å². The van der Waals surface area contributed by atoms with Crippen molar-refractivity contribution in [3.63, 3.8) is 0 Å². The summed E-state index contributed by atoms with van der Waals surface area (Å²) in [6.07, 6.45) is 6.71. The highest BCUT2D eigenvalue weighted by atomic mass is 19.1. The molecule has 0 bridgehead atoms. The molecule has 266 valence electrons. The molecule has 12 nitrogen and oxygen atoms in total. The van der Waals surface area contributed by atoms with E-state index >= 15 is 4.39 Å². The predicted octanol–water partition coefficient (Wildman–Crippen LogP) is 4.32. The van der Waals surface area contributed by atoms with Crippen molar-refractivity contribution >= 4 is 46.6 Å². The zero-order valence-electron chi connectivity index (χ0n) is 29.2. The van der Waals surface area contributed by atoms with Gasteiger partial charge in [-0.2, -0.15) is 0 Å². The summed E-state index contributed by atoms with van der Waals surface area (Å²) >= 11 is 0. The molecule has 1 spiro atoms. The number of rotatable bonds is 10. The standard InChI is InChI=1S/C38H44FN9O3/c1-24(2)51-33-19-31(39)30(20-44-33)35(41)29-18-28(8-9-32(29)40)48-17-13-38(37(48)50)12-16-46(22-38)21-34(49)47-14-10-26(11-15-47)25-4-6-27(7-5-25)36(42)45-23-43-3/h4-10,18-20,23-24,41H,11-17,21-22,40H2,1-3H3,(H2,42,43,45)/t38-/m0/s1. The molecule has 2 amide bonds. The van der Waals surface area contributed by atoms with Gasteiger partial charge in [-0.15, -0.1) is 0 Å². The summed E-state index contributed by atoms with van der Waals surface area (Å²) in [6, 6.07) is 14.0. The van der Waals surface area contributed by atoms with E-state index in [9.17, 15) is 9.59 Å². The van der Waals surface area contributed by atoms with Crippen molar-refractivity contribution in [3.8, 4) is 5.88 Å².